The van der Waals surface area contributed by atoms with Gasteiger partial charge in [-0.1, -0.05) is 30.3 Å². The number of carbonyl (C=O) groups is 1. The van der Waals surface area contributed by atoms with E-state index in [0.717, 1.165) is 65.0 Å². The zero-order chi connectivity index (χ0) is 18.7. The summed E-state index contributed by atoms with van der Waals surface area (Å²) in [5, 5.41) is 6.82. The van der Waals surface area contributed by atoms with Crippen molar-refractivity contribution in [3.8, 4) is 0 Å². The van der Waals surface area contributed by atoms with E-state index in [0.29, 0.717) is 17.5 Å². The topological polar surface area (TPSA) is 47.6 Å². The normalized spacial score (nSPS) is 28.4. The van der Waals surface area contributed by atoms with E-state index < -0.39 is 0 Å². The maximum Gasteiger partial charge on any atom is 0.317 e. The maximum atomic E-state index is 12.7. The van der Waals surface area contributed by atoms with E-state index in [1.165, 1.54) is 12.0 Å². The largest absolute Gasteiger partial charge is 0.335 e. The van der Waals surface area contributed by atoms with Crippen LogP contribution in [0.1, 0.15) is 44.6 Å². The lowest BCUT2D eigenvalue weighted by molar-refractivity contribution is 0.110. The van der Waals surface area contributed by atoms with Crippen molar-refractivity contribution >= 4 is 6.03 Å². The molecule has 3 aliphatic rings. The molecule has 27 heavy (non-hydrogen) atoms. The van der Waals surface area contributed by atoms with E-state index in [-0.39, 0.29) is 6.03 Å². The van der Waals surface area contributed by atoms with Gasteiger partial charge in [0.2, 0.25) is 0 Å². The molecule has 148 valence electrons. The zero-order valence-electron chi connectivity index (χ0n) is 16.6. The minimum atomic E-state index is 0.157. The number of carbonyl (C=O) groups excluding carboxylic acids is 1. The van der Waals surface area contributed by atoms with E-state index in [9.17, 15) is 4.79 Å². The molecule has 3 fully saturated rings. The van der Waals surface area contributed by atoms with E-state index in [1.807, 2.05) is 4.90 Å². The minimum absolute atomic E-state index is 0.157. The number of nitrogens with zero attached hydrogens (tertiary/aromatic N) is 2. The van der Waals surface area contributed by atoms with Crippen LogP contribution in [-0.4, -0.2) is 60.6 Å². The number of urea groups is 1. The van der Waals surface area contributed by atoms with Gasteiger partial charge in [-0.2, -0.15) is 0 Å². The Morgan fingerprint density at radius 3 is 2.63 bits per heavy atom. The number of likely N-dealkylation sites (tertiary alicyclic amines) is 2. The van der Waals surface area contributed by atoms with Gasteiger partial charge in [0, 0.05) is 44.8 Å². The van der Waals surface area contributed by atoms with Crippen LogP contribution in [0.15, 0.2) is 30.3 Å². The highest BCUT2D eigenvalue weighted by Gasteiger charge is 2.38. The van der Waals surface area contributed by atoms with Gasteiger partial charge >= 0.3 is 6.03 Å². The number of hydrogen-bond acceptors (Lipinski definition) is 3. The Hall–Kier alpha value is -1.59. The van der Waals surface area contributed by atoms with Crippen LogP contribution in [0.2, 0.25) is 0 Å². The molecule has 1 spiro atoms. The van der Waals surface area contributed by atoms with Crippen LogP contribution in [0, 0.1) is 5.41 Å². The van der Waals surface area contributed by atoms with Gasteiger partial charge in [0.25, 0.3) is 0 Å². The Bertz CT molecular complexity index is 618. The summed E-state index contributed by atoms with van der Waals surface area (Å²) in [6.07, 6.45) is 5.67. The Labute approximate surface area is 163 Å². The Morgan fingerprint density at radius 1 is 1.19 bits per heavy atom. The fraction of sp³-hybridized carbons (Fsp3) is 0.682. The summed E-state index contributed by atoms with van der Waals surface area (Å²) in [5.41, 5.74) is 1.84. The van der Waals surface area contributed by atoms with Crippen molar-refractivity contribution in [3.63, 3.8) is 0 Å². The van der Waals surface area contributed by atoms with Crippen LogP contribution in [0.3, 0.4) is 0 Å². The molecule has 0 aromatic heterocycles. The molecule has 1 aromatic rings. The molecule has 0 aliphatic carbocycles. The molecule has 0 radical (unpaired) electrons. The van der Waals surface area contributed by atoms with Crippen molar-refractivity contribution < 1.29 is 4.79 Å². The first-order chi connectivity index (χ1) is 13.1. The number of benzene rings is 1. The van der Waals surface area contributed by atoms with Crippen LogP contribution >= 0.6 is 0 Å². The van der Waals surface area contributed by atoms with Gasteiger partial charge in [-0.3, -0.25) is 4.90 Å². The standard InChI is InChI=1S/C22H34N4O/c1-18-15-20(7-12-26(18)16-19-5-3-2-4-6-19)24-21(27)25-13-9-22(10-14-25)8-11-23-17-22/h2-6,18,20,23H,7-17H2,1H3,(H,24,27). The molecule has 2 atom stereocenters. The highest BCUT2D eigenvalue weighted by atomic mass is 16.2. The quantitative estimate of drug-likeness (QED) is 0.860. The molecule has 2 amide bonds. The molecule has 0 saturated carbocycles. The number of nitrogens with one attached hydrogen (secondary N) is 2. The molecular weight excluding hydrogens is 336 g/mol. The van der Waals surface area contributed by atoms with Crippen molar-refractivity contribution in [2.75, 3.05) is 32.7 Å². The van der Waals surface area contributed by atoms with Crippen LogP contribution in [0.4, 0.5) is 4.79 Å². The highest BCUT2D eigenvalue weighted by Crippen LogP contribution is 2.36. The summed E-state index contributed by atoms with van der Waals surface area (Å²) in [7, 11) is 0. The van der Waals surface area contributed by atoms with Gasteiger partial charge in [-0.05, 0) is 56.6 Å². The fourth-order valence-electron chi connectivity index (χ4n) is 5.08. The molecule has 0 bridgehead atoms. The third kappa shape index (κ3) is 4.46. The predicted molar refractivity (Wildman–Crippen MR) is 109 cm³/mol. The predicted octanol–water partition coefficient (Wildman–Crippen LogP) is 2.82. The Balaban J connectivity index is 1.23. The molecule has 5 nitrogen and oxygen atoms in total. The average molecular weight is 371 g/mol. The number of piperidine rings is 2. The van der Waals surface area contributed by atoms with Crippen molar-refractivity contribution in [2.45, 2.75) is 57.7 Å². The second-order valence-corrected chi connectivity index (χ2v) is 8.89. The molecule has 3 heterocycles. The zero-order valence-corrected chi connectivity index (χ0v) is 16.6. The lowest BCUT2D eigenvalue weighted by Gasteiger charge is -2.41. The Kier molecular flexibility index (Phi) is 5.69. The van der Waals surface area contributed by atoms with Crippen molar-refractivity contribution in [2.24, 2.45) is 5.41 Å². The van der Waals surface area contributed by atoms with Gasteiger partial charge in [0.15, 0.2) is 0 Å². The first-order valence-electron chi connectivity index (χ1n) is 10.7. The number of rotatable bonds is 3. The average Bonchev–Trinajstić information content (AvgIpc) is 3.13. The van der Waals surface area contributed by atoms with Gasteiger partial charge in [0.1, 0.15) is 0 Å². The van der Waals surface area contributed by atoms with E-state index >= 15 is 0 Å². The smallest absolute Gasteiger partial charge is 0.317 e. The molecular formula is C22H34N4O. The summed E-state index contributed by atoms with van der Waals surface area (Å²) < 4.78 is 0. The summed E-state index contributed by atoms with van der Waals surface area (Å²) in [6.45, 7) is 8.46. The molecule has 3 saturated heterocycles. The van der Waals surface area contributed by atoms with Gasteiger partial charge in [0.05, 0.1) is 0 Å². The molecule has 2 unspecified atom stereocenters. The number of hydrogen-bond donors (Lipinski definition) is 2. The summed E-state index contributed by atoms with van der Waals surface area (Å²) in [5.74, 6) is 0. The molecule has 1 aromatic carbocycles. The first kappa shape index (κ1) is 18.8. The molecule has 5 heteroatoms. The lowest BCUT2D eigenvalue weighted by Crippen LogP contribution is -2.53. The number of amides is 2. The van der Waals surface area contributed by atoms with Gasteiger partial charge < -0.3 is 15.5 Å². The maximum absolute atomic E-state index is 12.7. The van der Waals surface area contributed by atoms with Gasteiger partial charge in [-0.15, -0.1) is 0 Å². The third-order valence-electron chi connectivity index (χ3n) is 7.01. The van der Waals surface area contributed by atoms with E-state index in [4.69, 9.17) is 0 Å². The van der Waals surface area contributed by atoms with Gasteiger partial charge in [-0.25, -0.2) is 4.79 Å². The highest BCUT2D eigenvalue weighted by molar-refractivity contribution is 5.74. The van der Waals surface area contributed by atoms with E-state index in [2.05, 4.69) is 52.8 Å². The lowest BCUT2D eigenvalue weighted by atomic mass is 9.78. The summed E-state index contributed by atoms with van der Waals surface area (Å²) in [4.78, 5) is 17.3. The van der Waals surface area contributed by atoms with Crippen LogP contribution in [0.25, 0.3) is 0 Å². The van der Waals surface area contributed by atoms with E-state index in [1.54, 1.807) is 0 Å². The van der Waals surface area contributed by atoms with Crippen molar-refractivity contribution in [1.29, 1.82) is 0 Å². The third-order valence-corrected chi connectivity index (χ3v) is 7.01. The van der Waals surface area contributed by atoms with Crippen molar-refractivity contribution in [3.05, 3.63) is 35.9 Å². The monoisotopic (exact) mass is 370 g/mol. The van der Waals surface area contributed by atoms with Crippen LogP contribution in [-0.2, 0) is 6.54 Å². The Morgan fingerprint density at radius 2 is 1.96 bits per heavy atom. The molecule has 3 aliphatic heterocycles. The first-order valence-corrected chi connectivity index (χ1v) is 10.7. The second kappa shape index (κ2) is 8.19. The second-order valence-electron chi connectivity index (χ2n) is 8.89. The summed E-state index contributed by atoms with van der Waals surface area (Å²) >= 11 is 0. The molecule has 4 rings (SSSR count). The molecule has 2 N–H and O–H groups in total. The fourth-order valence-corrected chi connectivity index (χ4v) is 5.08. The van der Waals surface area contributed by atoms with Crippen LogP contribution < -0.4 is 10.6 Å². The summed E-state index contributed by atoms with van der Waals surface area (Å²) in [6, 6.07) is 11.6. The van der Waals surface area contributed by atoms with Crippen LogP contribution in [0.5, 0.6) is 0 Å². The SMILES string of the molecule is CC1CC(NC(=O)N2CCC3(CCNC3)CC2)CCN1Cc1ccccc1. The minimum Gasteiger partial charge on any atom is -0.335 e. The van der Waals surface area contributed by atoms with Crippen molar-refractivity contribution in [1.82, 2.24) is 20.4 Å².